The molecule has 2 aromatic heterocycles. The summed E-state index contributed by atoms with van der Waals surface area (Å²) in [6.07, 6.45) is 3.66. The molecule has 4 rings (SSSR count). The van der Waals surface area contributed by atoms with Crippen molar-refractivity contribution >= 4 is 33.0 Å². The molecular weight excluding hydrogens is 384 g/mol. The number of ether oxygens (including phenoxy) is 2. The number of thiophene rings is 1. The van der Waals surface area contributed by atoms with E-state index >= 15 is 0 Å². The fourth-order valence-corrected chi connectivity index (χ4v) is 3.91. The summed E-state index contributed by atoms with van der Waals surface area (Å²) in [5.74, 6) is 1.17. The molecule has 6 heteroatoms. The lowest BCUT2D eigenvalue weighted by atomic mass is 10.1. The summed E-state index contributed by atoms with van der Waals surface area (Å²) in [6, 6.07) is 14.7. The lowest BCUT2D eigenvalue weighted by Crippen LogP contribution is -2.12. The highest BCUT2D eigenvalue weighted by atomic mass is 32.1. The van der Waals surface area contributed by atoms with Crippen LogP contribution in [0.1, 0.15) is 21.5 Å². The lowest BCUT2D eigenvalue weighted by molar-refractivity contribution is 0.102. The van der Waals surface area contributed by atoms with Crippen LogP contribution < -0.4 is 14.8 Å². The highest BCUT2D eigenvalue weighted by Gasteiger charge is 2.10. The van der Waals surface area contributed by atoms with E-state index in [1.165, 1.54) is 4.70 Å². The molecule has 2 aromatic carbocycles. The van der Waals surface area contributed by atoms with E-state index in [9.17, 15) is 4.79 Å². The fraction of sp³-hybridized carbons (Fsp3) is 0.130. The van der Waals surface area contributed by atoms with Crippen LogP contribution in [-0.2, 0) is 6.61 Å². The molecule has 0 radical (unpaired) electrons. The Hall–Kier alpha value is -3.38. The molecule has 0 aliphatic carbocycles. The van der Waals surface area contributed by atoms with E-state index in [4.69, 9.17) is 9.47 Å². The predicted molar refractivity (Wildman–Crippen MR) is 116 cm³/mol. The van der Waals surface area contributed by atoms with Crippen LogP contribution in [0.4, 0.5) is 5.69 Å². The molecule has 0 saturated heterocycles. The molecule has 0 unspecified atom stereocenters. The van der Waals surface area contributed by atoms with Gasteiger partial charge in [-0.25, -0.2) is 0 Å². The second-order valence-electron chi connectivity index (χ2n) is 6.59. The highest BCUT2D eigenvalue weighted by Crippen LogP contribution is 2.28. The maximum absolute atomic E-state index is 12.6. The van der Waals surface area contributed by atoms with Gasteiger partial charge >= 0.3 is 0 Å². The Morgan fingerprint density at radius 3 is 2.93 bits per heavy atom. The van der Waals surface area contributed by atoms with Gasteiger partial charge in [0, 0.05) is 45.4 Å². The molecule has 4 aromatic rings. The number of aromatic nitrogens is 1. The van der Waals surface area contributed by atoms with Gasteiger partial charge in [0.1, 0.15) is 18.1 Å². The topological polar surface area (TPSA) is 60.5 Å². The van der Waals surface area contributed by atoms with Gasteiger partial charge in [0.15, 0.2) is 0 Å². The first-order valence-corrected chi connectivity index (χ1v) is 10.0. The number of amides is 1. The average Bonchev–Trinajstić information content (AvgIpc) is 3.17. The maximum atomic E-state index is 12.6. The molecule has 0 fully saturated rings. The minimum absolute atomic E-state index is 0.200. The SMILES string of the molecule is COc1cccc(C(=O)Nc2ccc(C)c(OCc3csc4ccncc34)c2)c1. The van der Waals surface area contributed by atoms with Crippen molar-refractivity contribution in [2.24, 2.45) is 0 Å². The van der Waals surface area contributed by atoms with Gasteiger partial charge in [0.2, 0.25) is 0 Å². The van der Waals surface area contributed by atoms with E-state index in [2.05, 4.69) is 15.7 Å². The number of hydrogen-bond acceptors (Lipinski definition) is 5. The molecule has 1 N–H and O–H groups in total. The van der Waals surface area contributed by atoms with Crippen molar-refractivity contribution in [2.45, 2.75) is 13.5 Å². The number of benzene rings is 2. The van der Waals surface area contributed by atoms with Gasteiger partial charge in [-0.1, -0.05) is 12.1 Å². The molecule has 0 saturated carbocycles. The van der Waals surface area contributed by atoms with Gasteiger partial charge in [0.05, 0.1) is 7.11 Å². The molecular formula is C23H20N2O3S. The van der Waals surface area contributed by atoms with Crippen LogP contribution in [0.25, 0.3) is 10.1 Å². The number of methoxy groups -OCH3 is 1. The van der Waals surface area contributed by atoms with Crippen molar-refractivity contribution in [3.05, 3.63) is 83.0 Å². The van der Waals surface area contributed by atoms with Crippen molar-refractivity contribution in [2.75, 3.05) is 12.4 Å². The first-order chi connectivity index (χ1) is 14.1. The summed E-state index contributed by atoms with van der Waals surface area (Å²) < 4.78 is 12.4. The fourth-order valence-electron chi connectivity index (χ4n) is 2.99. The minimum Gasteiger partial charge on any atom is -0.497 e. The van der Waals surface area contributed by atoms with Crippen molar-refractivity contribution in [1.29, 1.82) is 0 Å². The van der Waals surface area contributed by atoms with E-state index in [1.807, 2.05) is 37.4 Å². The first kappa shape index (κ1) is 19.0. The van der Waals surface area contributed by atoms with Crippen LogP contribution in [0.3, 0.4) is 0 Å². The normalized spacial score (nSPS) is 10.7. The number of aryl methyl sites for hydroxylation is 1. The largest absolute Gasteiger partial charge is 0.497 e. The van der Waals surface area contributed by atoms with E-state index < -0.39 is 0 Å². The van der Waals surface area contributed by atoms with Gasteiger partial charge in [-0.3, -0.25) is 9.78 Å². The van der Waals surface area contributed by atoms with Gasteiger partial charge in [-0.2, -0.15) is 0 Å². The zero-order chi connectivity index (χ0) is 20.2. The third-order valence-electron chi connectivity index (χ3n) is 4.62. The molecule has 0 aliphatic heterocycles. The van der Waals surface area contributed by atoms with Crippen LogP contribution in [-0.4, -0.2) is 18.0 Å². The lowest BCUT2D eigenvalue weighted by Gasteiger charge is -2.12. The Morgan fingerprint density at radius 1 is 1.17 bits per heavy atom. The van der Waals surface area contributed by atoms with Gasteiger partial charge in [-0.05, 0) is 48.2 Å². The molecule has 5 nitrogen and oxygen atoms in total. The molecule has 0 aliphatic rings. The van der Waals surface area contributed by atoms with E-state index in [1.54, 1.807) is 48.9 Å². The first-order valence-electron chi connectivity index (χ1n) is 9.13. The minimum atomic E-state index is -0.200. The number of nitrogens with one attached hydrogen (secondary N) is 1. The Labute approximate surface area is 172 Å². The quantitative estimate of drug-likeness (QED) is 0.465. The van der Waals surface area contributed by atoms with Crippen LogP contribution >= 0.6 is 11.3 Å². The number of rotatable bonds is 6. The summed E-state index contributed by atoms with van der Waals surface area (Å²) in [7, 11) is 1.58. The number of carbonyl (C=O) groups excluding carboxylic acids is 1. The third kappa shape index (κ3) is 4.22. The Morgan fingerprint density at radius 2 is 2.07 bits per heavy atom. The Balaban J connectivity index is 1.49. The third-order valence-corrected chi connectivity index (χ3v) is 5.63. The molecule has 29 heavy (non-hydrogen) atoms. The molecule has 1 amide bonds. The summed E-state index contributed by atoms with van der Waals surface area (Å²) in [5.41, 5.74) is 3.31. The zero-order valence-corrected chi connectivity index (χ0v) is 17.0. The average molecular weight is 404 g/mol. The monoisotopic (exact) mass is 404 g/mol. The van der Waals surface area contributed by atoms with E-state index in [-0.39, 0.29) is 5.91 Å². The van der Waals surface area contributed by atoms with E-state index in [0.717, 1.165) is 22.3 Å². The van der Waals surface area contributed by atoms with Crippen molar-refractivity contribution in [3.8, 4) is 11.5 Å². The second kappa shape index (κ2) is 8.32. The molecule has 0 atom stereocenters. The molecule has 146 valence electrons. The van der Waals surface area contributed by atoms with E-state index in [0.29, 0.717) is 23.6 Å². The van der Waals surface area contributed by atoms with Crippen LogP contribution in [0.5, 0.6) is 11.5 Å². The Kier molecular flexibility index (Phi) is 5.44. The number of pyridine rings is 1. The predicted octanol–water partition coefficient (Wildman–Crippen LogP) is 5.44. The summed E-state index contributed by atoms with van der Waals surface area (Å²) in [5, 5.41) is 6.12. The molecule has 0 bridgehead atoms. The Bertz CT molecular complexity index is 1170. The maximum Gasteiger partial charge on any atom is 0.255 e. The van der Waals surface area contributed by atoms with Crippen molar-refractivity contribution in [1.82, 2.24) is 4.98 Å². The van der Waals surface area contributed by atoms with Crippen LogP contribution in [0.15, 0.2) is 66.3 Å². The second-order valence-corrected chi connectivity index (χ2v) is 7.50. The van der Waals surface area contributed by atoms with Crippen LogP contribution in [0.2, 0.25) is 0 Å². The highest BCUT2D eigenvalue weighted by molar-refractivity contribution is 7.17. The number of nitrogens with zero attached hydrogens (tertiary/aromatic N) is 1. The summed E-state index contributed by atoms with van der Waals surface area (Å²) in [4.78, 5) is 16.8. The summed E-state index contributed by atoms with van der Waals surface area (Å²) >= 11 is 1.68. The smallest absolute Gasteiger partial charge is 0.255 e. The van der Waals surface area contributed by atoms with Gasteiger partial charge in [-0.15, -0.1) is 11.3 Å². The standard InChI is InChI=1S/C23H20N2O3S/c1-15-6-7-18(25-23(26)16-4-3-5-19(10-16)27-2)11-21(15)28-13-17-14-29-22-8-9-24-12-20(17)22/h3-12,14H,13H2,1-2H3,(H,25,26). The van der Waals surface area contributed by atoms with Crippen molar-refractivity contribution < 1.29 is 14.3 Å². The summed E-state index contributed by atoms with van der Waals surface area (Å²) in [6.45, 7) is 2.43. The number of hydrogen-bond donors (Lipinski definition) is 1. The van der Waals surface area contributed by atoms with Gasteiger partial charge < -0.3 is 14.8 Å². The molecule has 0 spiro atoms. The molecule has 2 heterocycles. The number of fused-ring (bicyclic) bond motifs is 1. The number of carbonyl (C=O) groups is 1. The number of anilines is 1. The van der Waals surface area contributed by atoms with Crippen molar-refractivity contribution in [3.63, 3.8) is 0 Å². The van der Waals surface area contributed by atoms with Crippen LogP contribution in [0, 0.1) is 6.92 Å². The van der Waals surface area contributed by atoms with Gasteiger partial charge in [0.25, 0.3) is 5.91 Å². The zero-order valence-electron chi connectivity index (χ0n) is 16.1.